The molecule has 4 aliphatic heterocycles. The molecule has 10 aromatic heterocycles. The fourth-order valence-corrected chi connectivity index (χ4v) is 25.6. The summed E-state index contributed by atoms with van der Waals surface area (Å²) in [7, 11) is 12.9. The monoisotopic (exact) mass is 1980 g/mol. The molecule has 4 aliphatic rings. The molecule has 0 spiro atoms. The summed E-state index contributed by atoms with van der Waals surface area (Å²) in [4.78, 5) is 29.3. The third kappa shape index (κ3) is 16.8. The molecule has 0 aliphatic carbocycles. The lowest BCUT2D eigenvalue weighted by molar-refractivity contribution is -0.789. The van der Waals surface area contributed by atoms with Gasteiger partial charge in [0.25, 0.3) is 0 Å². The van der Waals surface area contributed by atoms with Gasteiger partial charge in [0.05, 0.1) is 108 Å². The minimum absolute atomic E-state index is 0.0493. The van der Waals surface area contributed by atoms with Gasteiger partial charge in [-0.3, -0.25) is 0 Å². The third-order valence-electron chi connectivity index (χ3n) is 32.4. The highest BCUT2D eigenvalue weighted by molar-refractivity contribution is 6.08. The molecule has 0 N–H and O–H groups in total. The molecule has 4 atom stereocenters. The summed E-state index contributed by atoms with van der Waals surface area (Å²) in [6, 6.07) is 75.2. The number of nitrogens with zero attached hydrogens (tertiary/aromatic N) is 20. The van der Waals surface area contributed by atoms with Crippen molar-refractivity contribution in [2.24, 2.45) is 42.3 Å². The first kappa shape index (κ1) is 102. The number of benzene rings is 8. The van der Waals surface area contributed by atoms with Crippen LogP contribution in [0.15, 0.2) is 277 Å². The van der Waals surface area contributed by atoms with Crippen molar-refractivity contribution < 1.29 is 27.3 Å². The number of fused-ring (bicyclic) bond motifs is 10. The summed E-state index contributed by atoms with van der Waals surface area (Å²) < 4.78 is 35.7. The molecule has 0 saturated heterocycles. The zero-order valence-electron chi connectivity index (χ0n) is 93.9. The van der Waals surface area contributed by atoms with E-state index in [1.54, 1.807) is 0 Å². The van der Waals surface area contributed by atoms with Crippen LogP contribution in [0.1, 0.15) is 269 Å². The van der Waals surface area contributed by atoms with Gasteiger partial charge in [0.1, 0.15) is 48.1 Å². The largest absolute Gasteiger partial charge is 0.438 e. The van der Waals surface area contributed by atoms with E-state index in [1.165, 1.54) is 129 Å². The first-order valence-corrected chi connectivity index (χ1v) is 53.4. The van der Waals surface area contributed by atoms with Gasteiger partial charge >= 0.3 is 17.7 Å². The maximum atomic E-state index is 6.32. The van der Waals surface area contributed by atoms with Crippen LogP contribution in [0.4, 0.5) is 46.3 Å². The van der Waals surface area contributed by atoms with Crippen LogP contribution in [0.2, 0.25) is 0 Å². The van der Waals surface area contributed by atoms with Crippen molar-refractivity contribution in [2.75, 3.05) is 29.4 Å². The van der Waals surface area contributed by atoms with Crippen molar-refractivity contribution >= 4 is 112 Å². The van der Waals surface area contributed by atoms with Crippen LogP contribution >= 0.6 is 0 Å². The van der Waals surface area contributed by atoms with Crippen LogP contribution in [-0.4, -0.2) is 72.1 Å². The lowest BCUT2D eigenvalue weighted by atomic mass is 9.84. The van der Waals surface area contributed by atoms with Gasteiger partial charge in [-0.1, -0.05) is 159 Å². The number of para-hydroxylation sites is 8. The molecule has 22 rings (SSSR count). The second-order valence-electron chi connectivity index (χ2n) is 45.5. The van der Waals surface area contributed by atoms with E-state index in [0.717, 1.165) is 50.0 Å². The average Bonchev–Trinajstić information content (AvgIpc) is 1.55. The highest BCUT2D eigenvalue weighted by Gasteiger charge is 2.53. The van der Waals surface area contributed by atoms with E-state index in [1.807, 2.05) is 13.8 Å². The Hall–Kier alpha value is -14.5. The first-order valence-electron chi connectivity index (χ1n) is 53.4. The van der Waals surface area contributed by atoms with Crippen molar-refractivity contribution in [1.82, 2.24) is 47.4 Å². The van der Waals surface area contributed by atoms with Gasteiger partial charge in [-0.05, 0) is 309 Å². The number of hydrogen-bond acceptors (Lipinski definition) is 12. The highest BCUT2D eigenvalue weighted by Crippen LogP contribution is 2.56. The Kier molecular flexibility index (Phi) is 26.6. The Morgan fingerprint density at radius 3 is 1.24 bits per heavy atom. The number of anilines is 8. The molecule has 0 saturated carbocycles. The number of hydrogen-bond donors (Lipinski definition) is 0. The van der Waals surface area contributed by atoms with Crippen molar-refractivity contribution in [3.63, 3.8) is 0 Å². The van der Waals surface area contributed by atoms with Gasteiger partial charge in [0.15, 0.2) is 42.2 Å². The molecular formula is C126H156N20O2+4. The Labute approximate surface area is 876 Å². The third-order valence-corrected chi connectivity index (χ3v) is 32.4. The van der Waals surface area contributed by atoms with Gasteiger partial charge in [0.2, 0.25) is 11.4 Å². The summed E-state index contributed by atoms with van der Waals surface area (Å²) in [5, 5.41) is 7.00. The molecule has 0 radical (unpaired) electrons. The van der Waals surface area contributed by atoms with Crippen molar-refractivity contribution in [3.05, 3.63) is 336 Å². The molecule has 0 fully saturated rings. The Bertz CT molecular complexity index is 8080. The van der Waals surface area contributed by atoms with E-state index < -0.39 is 0 Å². The van der Waals surface area contributed by atoms with Crippen LogP contribution in [0.3, 0.4) is 0 Å². The Morgan fingerprint density at radius 1 is 0.385 bits per heavy atom. The minimum atomic E-state index is -0.370. The van der Waals surface area contributed by atoms with Gasteiger partial charge in [0, 0.05) is 82.5 Å². The number of aromatic nitrogens is 12. The van der Waals surface area contributed by atoms with Crippen LogP contribution < -0.4 is 47.9 Å². The van der Waals surface area contributed by atoms with E-state index in [9.17, 15) is 0 Å². The fourth-order valence-electron chi connectivity index (χ4n) is 25.6. The molecule has 14 heterocycles. The quantitative estimate of drug-likeness (QED) is 0.0675. The molecule has 768 valence electrons. The van der Waals surface area contributed by atoms with Crippen LogP contribution in [0, 0.1) is 27.7 Å². The first-order chi connectivity index (χ1) is 70.3. The lowest BCUT2D eigenvalue weighted by Crippen LogP contribution is -2.52. The minimum Gasteiger partial charge on any atom is -0.438 e. The van der Waals surface area contributed by atoms with E-state index in [2.05, 4.69) is 576 Å². The molecule has 148 heavy (non-hydrogen) atoms. The van der Waals surface area contributed by atoms with Gasteiger partial charge in [-0.2, -0.15) is 4.68 Å². The fraction of sp³-hybridized carbons (Fsp3) is 0.381. The van der Waals surface area contributed by atoms with Crippen molar-refractivity contribution in [2.45, 2.75) is 276 Å². The summed E-state index contributed by atoms with van der Waals surface area (Å²) in [6.45, 7) is 63.6. The van der Waals surface area contributed by atoms with Crippen LogP contribution in [0.5, 0.6) is 0 Å². The Balaban J connectivity index is 0.000000125. The predicted octanol–water partition coefficient (Wildman–Crippen LogP) is 27.9. The summed E-state index contributed by atoms with van der Waals surface area (Å²) in [6.07, 6.45) is 22.5. The molecule has 0 bridgehead atoms. The molecule has 0 unspecified atom stereocenters. The Morgan fingerprint density at radius 2 is 0.811 bits per heavy atom. The maximum Gasteiger partial charge on any atom is 0.370 e. The smallest absolute Gasteiger partial charge is 0.370 e. The number of pyridine rings is 2. The second kappa shape index (κ2) is 38.6. The maximum absolute atomic E-state index is 6.32. The SMILES string of the molecule is CC(C)c1cccc(C(C)C)c1-n1cc[n+](C)c1N1C=CN(C(C)(C)c2cc3ccccc3n2C)[C@@H]1C.CC(C)c1cccc(C(C)C)c1-n1cc[n+](C)c1N1C=CN(C(C)(C)c2cccn2C)[C@@H]1C.Cc1ccc2c(n1)oc1ccc(C)c(C(C)(C)N3c4ccccc4N(c4c5ccccc5n(C(C)C)[n+]4C)[C@H]3C)c12.Cc1ccc2c(n1)oc1ccc(C)c(C(C)(C)N3c4ccccc4N(c4cc[n+](C(C)C)n4C)[C@H]3C)c12. The zero-order chi connectivity index (χ0) is 106. The second-order valence-corrected chi connectivity index (χ2v) is 45.5. The van der Waals surface area contributed by atoms with Crippen molar-refractivity contribution in [3.8, 4) is 11.4 Å². The number of imidazole rings is 2. The number of furan rings is 2. The standard InChI is InChI=1S/C35H38N5O.C32H42N5.C31H36N5O.C28H40N5/c1-21(2)40-27-14-10-9-13-25(27)34(37(40)8)38-24(5)39(29-16-12-11-15-28(29)38)35(6,7)32-22(3)17-20-30-31(32)26-19-18-23(4)36-33(26)41-30;1-22(2)26-14-12-15-27(23(3)4)30(26)36-18-17-33(8)31(36)35-19-20-37(24(35)5)32(6,7)29-21-25-13-10-11-16-28(25)34(29)9;1-19(2)34-18-17-27(33(34)8)35-22(5)36(25-12-10-9-11-24(25)35)31(6,7)29-20(3)13-16-26-28(29)23-15-14-21(4)32-30(23)37-26;1-20(2)23-12-10-13-24(21(3)4)26(23)32-17-16-30(9)27(32)31-18-19-33(22(31)5)28(6,7)25-14-11-15-29(25)8/h9-21,24H,1-8H3;10-24H,1-9H3;9-19,22H,1-8H3;10-22H,1-9H3/q4*+1/t2*24-;2*22-/m1111/s1. The lowest BCUT2D eigenvalue weighted by Gasteiger charge is -2.43. The van der Waals surface area contributed by atoms with Gasteiger partial charge in [-0.25, -0.2) is 47.6 Å². The highest BCUT2D eigenvalue weighted by atomic mass is 16.3. The van der Waals surface area contributed by atoms with E-state index in [0.29, 0.717) is 47.2 Å². The molecule has 0 amide bonds. The molecule has 8 aromatic carbocycles. The molecule has 18 aromatic rings. The molecule has 22 heteroatoms. The summed E-state index contributed by atoms with van der Waals surface area (Å²) in [5.74, 6) is 6.46. The van der Waals surface area contributed by atoms with E-state index >= 15 is 0 Å². The van der Waals surface area contributed by atoms with Crippen LogP contribution in [-0.2, 0) is 64.4 Å². The van der Waals surface area contributed by atoms with Crippen LogP contribution in [0.25, 0.3) is 77.3 Å². The number of rotatable bonds is 20. The van der Waals surface area contributed by atoms with Gasteiger partial charge < -0.3 is 42.5 Å². The van der Waals surface area contributed by atoms with Gasteiger partial charge in [-0.15, -0.1) is 9.36 Å². The average molecular weight is 1980 g/mol. The zero-order valence-corrected chi connectivity index (χ0v) is 93.9. The predicted molar refractivity (Wildman–Crippen MR) is 609 cm³/mol. The summed E-state index contributed by atoms with van der Waals surface area (Å²) >= 11 is 0. The van der Waals surface area contributed by atoms with E-state index in [-0.39, 0.29) is 46.8 Å². The normalized spacial score (nSPS) is 16.1. The topological polar surface area (TPSA) is 123 Å². The summed E-state index contributed by atoms with van der Waals surface area (Å²) in [5.41, 5.74) is 27.3. The van der Waals surface area contributed by atoms with E-state index in [4.69, 9.17) is 18.8 Å². The molecule has 22 nitrogen and oxygen atoms in total. The molecular weight excluding hydrogens is 1830 g/mol. The number of aryl methyl sites for hydroxylation is 8. The van der Waals surface area contributed by atoms with Crippen molar-refractivity contribution in [1.29, 1.82) is 0 Å².